The molecule has 0 aliphatic rings. The third-order valence-electron chi connectivity index (χ3n) is 1.76. The molecule has 0 saturated heterocycles. The first-order valence-electron chi connectivity index (χ1n) is 4.16. The summed E-state index contributed by atoms with van der Waals surface area (Å²) >= 11 is 1.90. The summed E-state index contributed by atoms with van der Waals surface area (Å²) in [5.41, 5.74) is 9.27. The van der Waals surface area contributed by atoms with Gasteiger partial charge in [-0.05, 0) is 29.9 Å². The van der Waals surface area contributed by atoms with Crippen molar-refractivity contribution in [3.8, 4) is 0 Å². The van der Waals surface area contributed by atoms with E-state index in [9.17, 15) is 0 Å². The van der Waals surface area contributed by atoms with Gasteiger partial charge in [0.2, 0.25) is 0 Å². The van der Waals surface area contributed by atoms with Crippen molar-refractivity contribution in [1.82, 2.24) is 0 Å². The smallest absolute Gasteiger partial charge is 0.0357 e. The van der Waals surface area contributed by atoms with Crippen molar-refractivity contribution < 1.29 is 0 Å². The molecule has 1 aromatic carbocycles. The van der Waals surface area contributed by atoms with Crippen LogP contribution in [0, 0.1) is 6.92 Å². The summed E-state index contributed by atoms with van der Waals surface area (Å²) in [4.78, 5) is 0. The first-order valence-corrected chi connectivity index (χ1v) is 5.32. The van der Waals surface area contributed by atoms with Crippen LogP contribution in [0.15, 0.2) is 18.2 Å². The van der Waals surface area contributed by atoms with Crippen molar-refractivity contribution >= 4 is 17.4 Å². The maximum absolute atomic E-state index is 5.85. The molecule has 0 bridgehead atoms. The van der Waals surface area contributed by atoms with Gasteiger partial charge in [0.25, 0.3) is 0 Å². The van der Waals surface area contributed by atoms with E-state index in [1.165, 1.54) is 11.1 Å². The van der Waals surface area contributed by atoms with E-state index in [4.69, 9.17) is 5.73 Å². The lowest BCUT2D eigenvalue weighted by atomic mass is 10.1. The fourth-order valence-electron chi connectivity index (χ4n) is 1.06. The van der Waals surface area contributed by atoms with Crippen LogP contribution in [0.5, 0.6) is 0 Å². The van der Waals surface area contributed by atoms with Gasteiger partial charge in [-0.3, -0.25) is 0 Å². The second-order valence-electron chi connectivity index (χ2n) is 2.84. The monoisotopic (exact) mass is 181 g/mol. The molecule has 0 amide bonds. The molecule has 0 aliphatic carbocycles. The molecule has 0 fully saturated rings. The Morgan fingerprint density at radius 1 is 1.42 bits per heavy atom. The Kier molecular flexibility index (Phi) is 3.48. The van der Waals surface area contributed by atoms with Crippen LogP contribution >= 0.6 is 11.8 Å². The summed E-state index contributed by atoms with van der Waals surface area (Å²) in [7, 11) is 0. The van der Waals surface area contributed by atoms with Gasteiger partial charge in [-0.25, -0.2) is 0 Å². The summed E-state index contributed by atoms with van der Waals surface area (Å²) in [6.45, 7) is 4.22. The molecule has 66 valence electrons. The van der Waals surface area contributed by atoms with Gasteiger partial charge in [0.15, 0.2) is 0 Å². The lowest BCUT2D eigenvalue weighted by molar-refractivity contribution is 1.36. The zero-order valence-corrected chi connectivity index (χ0v) is 8.45. The molecule has 0 spiro atoms. The molecule has 2 N–H and O–H groups in total. The SMILES string of the molecule is CCSCc1ccc(C)cc1N. The van der Waals surface area contributed by atoms with Crippen molar-refractivity contribution in [2.75, 3.05) is 11.5 Å². The maximum atomic E-state index is 5.85. The molecular formula is C10H15NS. The zero-order valence-electron chi connectivity index (χ0n) is 7.63. The predicted octanol–water partition coefficient (Wildman–Crippen LogP) is 2.83. The van der Waals surface area contributed by atoms with Crippen LogP contribution in [-0.4, -0.2) is 5.75 Å². The van der Waals surface area contributed by atoms with Gasteiger partial charge in [-0.2, -0.15) is 11.8 Å². The molecule has 1 nitrogen and oxygen atoms in total. The molecular weight excluding hydrogens is 166 g/mol. The molecule has 0 aromatic heterocycles. The molecule has 0 aliphatic heterocycles. The summed E-state index contributed by atoms with van der Waals surface area (Å²) in [5.74, 6) is 2.18. The number of anilines is 1. The first-order chi connectivity index (χ1) is 5.74. The molecule has 12 heavy (non-hydrogen) atoms. The molecule has 1 rings (SSSR count). The molecule has 0 saturated carbocycles. The first kappa shape index (κ1) is 9.46. The van der Waals surface area contributed by atoms with Gasteiger partial charge in [0, 0.05) is 11.4 Å². The molecule has 0 radical (unpaired) electrons. The standard InChI is InChI=1S/C10H15NS/c1-3-12-7-9-5-4-8(2)6-10(9)11/h4-6H,3,7,11H2,1-2H3. The zero-order chi connectivity index (χ0) is 8.97. The van der Waals surface area contributed by atoms with Crippen LogP contribution in [-0.2, 0) is 5.75 Å². The predicted molar refractivity (Wildman–Crippen MR) is 57.4 cm³/mol. The largest absolute Gasteiger partial charge is 0.398 e. The van der Waals surface area contributed by atoms with Gasteiger partial charge >= 0.3 is 0 Å². The van der Waals surface area contributed by atoms with Crippen LogP contribution < -0.4 is 5.73 Å². The molecule has 2 heteroatoms. The summed E-state index contributed by atoms with van der Waals surface area (Å²) in [5, 5.41) is 0. The summed E-state index contributed by atoms with van der Waals surface area (Å²) < 4.78 is 0. The van der Waals surface area contributed by atoms with Gasteiger partial charge < -0.3 is 5.73 Å². The Morgan fingerprint density at radius 3 is 2.75 bits per heavy atom. The van der Waals surface area contributed by atoms with Crippen molar-refractivity contribution in [3.05, 3.63) is 29.3 Å². The minimum atomic E-state index is 0.927. The fraction of sp³-hybridized carbons (Fsp3) is 0.400. The fourth-order valence-corrected chi connectivity index (χ4v) is 1.74. The van der Waals surface area contributed by atoms with Crippen LogP contribution in [0.2, 0.25) is 0 Å². The topological polar surface area (TPSA) is 26.0 Å². The Bertz CT molecular complexity index is 258. The number of hydrogen-bond donors (Lipinski definition) is 1. The van der Waals surface area contributed by atoms with Crippen LogP contribution in [0.25, 0.3) is 0 Å². The van der Waals surface area contributed by atoms with Crippen LogP contribution in [0.4, 0.5) is 5.69 Å². The highest BCUT2D eigenvalue weighted by molar-refractivity contribution is 7.98. The highest BCUT2D eigenvalue weighted by atomic mass is 32.2. The average Bonchev–Trinajstić information content (AvgIpc) is 2.03. The number of nitrogens with two attached hydrogens (primary N) is 1. The van der Waals surface area contributed by atoms with Crippen LogP contribution in [0.1, 0.15) is 18.1 Å². The Balaban J connectivity index is 2.72. The van der Waals surface area contributed by atoms with E-state index < -0.39 is 0 Å². The quantitative estimate of drug-likeness (QED) is 0.726. The number of nitrogen functional groups attached to an aromatic ring is 1. The number of benzene rings is 1. The Morgan fingerprint density at radius 2 is 2.17 bits per heavy atom. The van der Waals surface area contributed by atoms with Crippen LogP contribution in [0.3, 0.4) is 0 Å². The van der Waals surface area contributed by atoms with Crippen molar-refractivity contribution in [3.63, 3.8) is 0 Å². The Labute approximate surface area is 78.4 Å². The highest BCUT2D eigenvalue weighted by Gasteiger charge is 1.97. The minimum Gasteiger partial charge on any atom is -0.398 e. The third kappa shape index (κ3) is 2.45. The highest BCUT2D eigenvalue weighted by Crippen LogP contribution is 2.19. The molecule has 0 unspecified atom stereocenters. The van der Waals surface area contributed by atoms with Crippen molar-refractivity contribution in [2.45, 2.75) is 19.6 Å². The number of thioether (sulfide) groups is 1. The van der Waals surface area contributed by atoms with E-state index >= 15 is 0 Å². The Hall–Kier alpha value is -0.630. The lowest BCUT2D eigenvalue weighted by Gasteiger charge is -2.04. The number of hydrogen-bond acceptors (Lipinski definition) is 2. The average molecular weight is 181 g/mol. The van der Waals surface area contributed by atoms with Crippen molar-refractivity contribution in [1.29, 1.82) is 0 Å². The lowest BCUT2D eigenvalue weighted by Crippen LogP contribution is -1.93. The maximum Gasteiger partial charge on any atom is 0.0357 e. The van der Waals surface area contributed by atoms with Gasteiger partial charge in [0.1, 0.15) is 0 Å². The van der Waals surface area contributed by atoms with Gasteiger partial charge in [0.05, 0.1) is 0 Å². The van der Waals surface area contributed by atoms with E-state index in [-0.39, 0.29) is 0 Å². The molecule has 1 aromatic rings. The minimum absolute atomic E-state index is 0.927. The third-order valence-corrected chi connectivity index (χ3v) is 2.69. The van der Waals surface area contributed by atoms with E-state index in [0.29, 0.717) is 0 Å². The molecule has 0 atom stereocenters. The van der Waals surface area contributed by atoms with E-state index in [1.807, 2.05) is 17.8 Å². The van der Waals surface area contributed by atoms with E-state index in [0.717, 1.165) is 17.2 Å². The van der Waals surface area contributed by atoms with E-state index in [1.54, 1.807) is 0 Å². The summed E-state index contributed by atoms with van der Waals surface area (Å²) in [6.07, 6.45) is 0. The second kappa shape index (κ2) is 4.41. The normalized spacial score (nSPS) is 10.2. The van der Waals surface area contributed by atoms with Crippen molar-refractivity contribution in [2.24, 2.45) is 0 Å². The second-order valence-corrected chi connectivity index (χ2v) is 4.11. The van der Waals surface area contributed by atoms with Gasteiger partial charge in [-0.1, -0.05) is 19.1 Å². The molecule has 0 heterocycles. The number of aryl methyl sites for hydroxylation is 1. The summed E-state index contributed by atoms with van der Waals surface area (Å²) in [6, 6.07) is 6.26. The van der Waals surface area contributed by atoms with Gasteiger partial charge in [-0.15, -0.1) is 0 Å². The number of rotatable bonds is 3. The van der Waals surface area contributed by atoms with E-state index in [2.05, 4.69) is 26.0 Å².